The van der Waals surface area contributed by atoms with Crippen LogP contribution in [0.25, 0.3) is 0 Å². The maximum atomic E-state index is 12.3. The van der Waals surface area contributed by atoms with Gasteiger partial charge in [-0.05, 0) is 67.8 Å². The number of aliphatic hydroxyl groups is 1. The van der Waals surface area contributed by atoms with Crippen LogP contribution >= 0.6 is 0 Å². The molecule has 0 aromatic heterocycles. The Labute approximate surface area is 127 Å². The summed E-state index contributed by atoms with van der Waals surface area (Å²) in [6.45, 7) is 4.60. The first-order valence-electron chi connectivity index (χ1n) is 8.55. The fourth-order valence-electron chi connectivity index (χ4n) is 5.92. The topological polar surface area (TPSA) is 37.3 Å². The summed E-state index contributed by atoms with van der Waals surface area (Å²) in [6.07, 6.45) is 12.6. The van der Waals surface area contributed by atoms with Gasteiger partial charge in [0.05, 0.1) is 6.10 Å². The van der Waals surface area contributed by atoms with Crippen molar-refractivity contribution in [1.82, 2.24) is 0 Å². The highest BCUT2D eigenvalue weighted by Crippen LogP contribution is 2.62. The second kappa shape index (κ2) is 4.32. The van der Waals surface area contributed by atoms with Gasteiger partial charge in [0.15, 0.2) is 5.78 Å². The molecule has 2 fully saturated rings. The Bertz CT molecular complexity index is 546. The molecule has 2 nitrogen and oxygen atoms in total. The van der Waals surface area contributed by atoms with Gasteiger partial charge in [0.1, 0.15) is 0 Å². The molecule has 2 saturated carbocycles. The summed E-state index contributed by atoms with van der Waals surface area (Å²) < 4.78 is 0. The lowest BCUT2D eigenvalue weighted by molar-refractivity contribution is -0.129. The van der Waals surface area contributed by atoms with E-state index in [4.69, 9.17) is 0 Å². The molecule has 0 heterocycles. The quantitative estimate of drug-likeness (QED) is 0.690. The van der Waals surface area contributed by atoms with Crippen molar-refractivity contribution in [2.45, 2.75) is 58.5 Å². The molecule has 0 unspecified atom stereocenters. The van der Waals surface area contributed by atoms with Crippen LogP contribution < -0.4 is 0 Å². The molecular formula is C19H26O2. The molecule has 4 aliphatic rings. The zero-order valence-electron chi connectivity index (χ0n) is 13.1. The Morgan fingerprint density at radius 3 is 2.76 bits per heavy atom. The molecule has 114 valence electrons. The molecule has 0 amide bonds. The van der Waals surface area contributed by atoms with E-state index in [0.717, 1.165) is 32.1 Å². The smallest absolute Gasteiger partial charge is 0.161 e. The summed E-state index contributed by atoms with van der Waals surface area (Å²) in [7, 11) is 0. The van der Waals surface area contributed by atoms with Crippen molar-refractivity contribution in [3.05, 3.63) is 23.8 Å². The lowest BCUT2D eigenvalue weighted by Crippen LogP contribution is -2.50. The Morgan fingerprint density at radius 2 is 1.95 bits per heavy atom. The number of hydrogen-bond acceptors (Lipinski definition) is 2. The maximum absolute atomic E-state index is 12.3. The van der Waals surface area contributed by atoms with Crippen molar-refractivity contribution in [3.63, 3.8) is 0 Å². The summed E-state index contributed by atoms with van der Waals surface area (Å²) in [5.74, 6) is 2.10. The molecule has 21 heavy (non-hydrogen) atoms. The molecule has 4 aliphatic carbocycles. The summed E-state index contributed by atoms with van der Waals surface area (Å²) in [5.41, 5.74) is 1.64. The third-order valence-corrected chi connectivity index (χ3v) is 7.35. The largest absolute Gasteiger partial charge is 0.393 e. The van der Waals surface area contributed by atoms with Gasteiger partial charge in [-0.1, -0.05) is 31.6 Å². The van der Waals surface area contributed by atoms with Crippen LogP contribution in [-0.4, -0.2) is 17.0 Å². The molecule has 0 radical (unpaired) electrons. The molecule has 1 N–H and O–H groups in total. The van der Waals surface area contributed by atoms with Crippen LogP contribution in [0.3, 0.4) is 0 Å². The van der Waals surface area contributed by atoms with Gasteiger partial charge in [0, 0.05) is 5.41 Å². The minimum Gasteiger partial charge on any atom is -0.393 e. The SMILES string of the molecule is C[C@@]12CC[C@@H]3[C@H](CC=C4C[C@H](O)CC[C@@]43C)[C@H]1C=CC2=O. The average Bonchev–Trinajstić information content (AvgIpc) is 2.76. The van der Waals surface area contributed by atoms with Gasteiger partial charge in [-0.3, -0.25) is 4.79 Å². The molecule has 0 aliphatic heterocycles. The average molecular weight is 286 g/mol. The standard InChI is InChI=1S/C19H26O2/c1-18-9-7-13(20)11-12(18)3-4-14-15-5-6-17(21)19(15,2)10-8-16(14)18/h3,5-6,13-16,20H,4,7-11H2,1-2H3/t13-,14-,15-,16-,18+,19-/m1/s1. The summed E-state index contributed by atoms with van der Waals surface area (Å²) in [6, 6.07) is 0. The minimum absolute atomic E-state index is 0.128. The predicted octanol–water partition coefficient (Wildman–Crippen LogP) is 3.66. The van der Waals surface area contributed by atoms with Crippen molar-refractivity contribution in [2.75, 3.05) is 0 Å². The molecule has 6 atom stereocenters. The van der Waals surface area contributed by atoms with Crippen molar-refractivity contribution in [1.29, 1.82) is 0 Å². The minimum atomic E-state index is -0.136. The number of ketones is 1. The number of allylic oxidation sites excluding steroid dienone is 3. The van der Waals surface area contributed by atoms with E-state index in [1.807, 2.05) is 6.08 Å². The van der Waals surface area contributed by atoms with Crippen LogP contribution in [0.5, 0.6) is 0 Å². The van der Waals surface area contributed by atoms with Gasteiger partial charge in [-0.2, -0.15) is 0 Å². The fourth-order valence-corrected chi connectivity index (χ4v) is 5.92. The molecule has 2 heteroatoms. The Kier molecular flexibility index (Phi) is 2.83. The number of rotatable bonds is 0. The number of fused-ring (bicyclic) bond motifs is 5. The van der Waals surface area contributed by atoms with Crippen LogP contribution in [0.15, 0.2) is 23.8 Å². The monoisotopic (exact) mass is 286 g/mol. The van der Waals surface area contributed by atoms with E-state index >= 15 is 0 Å². The van der Waals surface area contributed by atoms with Crippen LogP contribution in [-0.2, 0) is 4.79 Å². The van der Waals surface area contributed by atoms with E-state index in [9.17, 15) is 9.90 Å². The number of aliphatic hydroxyl groups excluding tert-OH is 1. The summed E-state index contributed by atoms with van der Waals surface area (Å²) in [5, 5.41) is 9.99. The molecule has 0 bridgehead atoms. The van der Waals surface area contributed by atoms with E-state index in [1.165, 1.54) is 12.0 Å². The van der Waals surface area contributed by atoms with Gasteiger partial charge in [-0.15, -0.1) is 0 Å². The highest BCUT2D eigenvalue weighted by Gasteiger charge is 2.57. The third kappa shape index (κ3) is 1.72. The Morgan fingerprint density at radius 1 is 1.19 bits per heavy atom. The second-order valence-electron chi connectivity index (χ2n) is 8.25. The van der Waals surface area contributed by atoms with Gasteiger partial charge >= 0.3 is 0 Å². The van der Waals surface area contributed by atoms with Crippen molar-refractivity contribution < 1.29 is 9.90 Å². The molecule has 0 aromatic rings. The van der Waals surface area contributed by atoms with Crippen LogP contribution in [0, 0.1) is 28.6 Å². The first kappa shape index (κ1) is 13.8. The van der Waals surface area contributed by atoms with Gasteiger partial charge in [0.25, 0.3) is 0 Å². The first-order valence-corrected chi connectivity index (χ1v) is 8.55. The second-order valence-corrected chi connectivity index (χ2v) is 8.25. The van der Waals surface area contributed by atoms with Gasteiger partial charge < -0.3 is 5.11 Å². The predicted molar refractivity (Wildman–Crippen MR) is 82.6 cm³/mol. The van der Waals surface area contributed by atoms with Crippen LogP contribution in [0.4, 0.5) is 0 Å². The summed E-state index contributed by atoms with van der Waals surface area (Å²) in [4.78, 5) is 12.3. The number of hydrogen-bond donors (Lipinski definition) is 1. The van der Waals surface area contributed by atoms with Crippen molar-refractivity contribution in [3.8, 4) is 0 Å². The highest BCUT2D eigenvalue weighted by atomic mass is 16.3. The van der Waals surface area contributed by atoms with E-state index in [2.05, 4.69) is 26.0 Å². The van der Waals surface area contributed by atoms with E-state index in [-0.39, 0.29) is 16.9 Å². The molecule has 0 aromatic carbocycles. The lowest BCUT2D eigenvalue weighted by Gasteiger charge is -2.56. The van der Waals surface area contributed by atoms with E-state index < -0.39 is 0 Å². The van der Waals surface area contributed by atoms with E-state index in [1.54, 1.807) is 0 Å². The molecule has 0 spiro atoms. The third-order valence-electron chi connectivity index (χ3n) is 7.35. The fraction of sp³-hybridized carbons (Fsp3) is 0.737. The van der Waals surface area contributed by atoms with Crippen molar-refractivity contribution >= 4 is 5.78 Å². The van der Waals surface area contributed by atoms with E-state index in [0.29, 0.717) is 23.5 Å². The highest BCUT2D eigenvalue weighted by molar-refractivity contribution is 5.97. The molecular weight excluding hydrogens is 260 g/mol. The zero-order chi connectivity index (χ0) is 14.8. The Hall–Kier alpha value is -0.890. The van der Waals surface area contributed by atoms with Gasteiger partial charge in [0.2, 0.25) is 0 Å². The van der Waals surface area contributed by atoms with Crippen molar-refractivity contribution in [2.24, 2.45) is 28.6 Å². The zero-order valence-corrected chi connectivity index (χ0v) is 13.1. The van der Waals surface area contributed by atoms with Gasteiger partial charge in [-0.25, -0.2) is 0 Å². The normalized spacial score (nSPS) is 52.0. The maximum Gasteiger partial charge on any atom is 0.161 e. The van der Waals surface area contributed by atoms with Crippen LogP contribution in [0.1, 0.15) is 52.4 Å². The number of carbonyl (C=O) groups excluding carboxylic acids is 1. The van der Waals surface area contributed by atoms with Crippen LogP contribution in [0.2, 0.25) is 0 Å². The molecule has 4 rings (SSSR count). The lowest BCUT2D eigenvalue weighted by atomic mass is 9.48. The summed E-state index contributed by atoms with van der Waals surface area (Å²) >= 11 is 0. The Balaban J connectivity index is 1.71. The first-order chi connectivity index (χ1) is 9.95. The molecule has 0 saturated heterocycles. The number of carbonyl (C=O) groups is 1.